The molecule has 0 aromatic carbocycles. The van der Waals surface area contributed by atoms with Crippen LogP contribution in [-0.2, 0) is 14.4 Å². The Hall–Kier alpha value is -1.67. The van der Waals surface area contributed by atoms with Crippen LogP contribution in [0.15, 0.2) is 0 Å². The predicted octanol–water partition coefficient (Wildman–Crippen LogP) is 2.49. The summed E-state index contributed by atoms with van der Waals surface area (Å²) < 4.78 is 0. The van der Waals surface area contributed by atoms with Gasteiger partial charge in [-0.3, -0.25) is 14.4 Å². The third kappa shape index (κ3) is 11.7. The standard InChI is InChI=1S/C10H20N2O.C9H18N2O.C8H15NO/c1-9(2)10(13)12-6-4-5-11(3)7-8-12;1-8(2)9(12)11-6-4-10(3)5-7-11;1-7(2)8(10)9-5-3-4-6-9/h9H,4-8H2,1-3H3;8H,4-7H2,1-3H3;7H,3-6H2,1-2H3. The van der Waals surface area contributed by atoms with Crippen molar-refractivity contribution in [3.05, 3.63) is 0 Å². The van der Waals surface area contributed by atoms with Crippen LogP contribution in [0.3, 0.4) is 0 Å². The normalized spacial score (nSPS) is 19.8. The third-order valence-electron chi connectivity index (χ3n) is 6.75. The Labute approximate surface area is 215 Å². The van der Waals surface area contributed by atoms with Crippen molar-refractivity contribution in [3.8, 4) is 0 Å². The number of hydrogen-bond donors (Lipinski definition) is 0. The maximum atomic E-state index is 11.7. The van der Waals surface area contributed by atoms with Gasteiger partial charge in [0.15, 0.2) is 0 Å². The zero-order chi connectivity index (χ0) is 26.5. The van der Waals surface area contributed by atoms with Crippen molar-refractivity contribution in [1.29, 1.82) is 0 Å². The van der Waals surface area contributed by atoms with Gasteiger partial charge in [-0.05, 0) is 39.9 Å². The lowest BCUT2D eigenvalue weighted by molar-refractivity contribution is -0.136. The van der Waals surface area contributed by atoms with E-state index in [4.69, 9.17) is 0 Å². The molecule has 0 aromatic heterocycles. The average molecular weight is 496 g/mol. The van der Waals surface area contributed by atoms with Crippen LogP contribution in [0, 0.1) is 17.8 Å². The van der Waals surface area contributed by atoms with E-state index >= 15 is 0 Å². The number of carbonyl (C=O) groups is 3. The highest BCUT2D eigenvalue weighted by Crippen LogP contribution is 2.11. The zero-order valence-electron chi connectivity index (χ0n) is 23.9. The quantitative estimate of drug-likeness (QED) is 0.602. The van der Waals surface area contributed by atoms with Gasteiger partial charge in [0.2, 0.25) is 17.7 Å². The molecule has 3 heterocycles. The topological polar surface area (TPSA) is 67.4 Å². The van der Waals surface area contributed by atoms with Crippen LogP contribution in [-0.4, -0.2) is 122 Å². The van der Waals surface area contributed by atoms with Gasteiger partial charge in [-0.1, -0.05) is 41.5 Å². The fourth-order valence-corrected chi connectivity index (χ4v) is 4.33. The molecular formula is C27H53N5O3. The highest BCUT2D eigenvalue weighted by molar-refractivity contribution is 5.79. The van der Waals surface area contributed by atoms with Crippen LogP contribution in [0.1, 0.15) is 60.8 Å². The van der Waals surface area contributed by atoms with E-state index < -0.39 is 0 Å². The van der Waals surface area contributed by atoms with Crippen LogP contribution < -0.4 is 0 Å². The molecule has 0 spiro atoms. The summed E-state index contributed by atoms with van der Waals surface area (Å²) in [6, 6.07) is 0. The molecule has 0 unspecified atom stereocenters. The second-order valence-corrected chi connectivity index (χ2v) is 11.1. The van der Waals surface area contributed by atoms with Crippen LogP contribution in [0.4, 0.5) is 0 Å². The van der Waals surface area contributed by atoms with E-state index in [2.05, 4.69) is 23.9 Å². The molecule has 3 aliphatic heterocycles. The Morgan fingerprint density at radius 2 is 0.714 bits per heavy atom. The summed E-state index contributed by atoms with van der Waals surface area (Å²) in [5, 5.41) is 0. The van der Waals surface area contributed by atoms with Gasteiger partial charge in [0.25, 0.3) is 0 Å². The zero-order valence-corrected chi connectivity index (χ0v) is 23.9. The Morgan fingerprint density at radius 1 is 0.429 bits per heavy atom. The molecule has 3 fully saturated rings. The van der Waals surface area contributed by atoms with Gasteiger partial charge in [-0.15, -0.1) is 0 Å². The Morgan fingerprint density at radius 3 is 1.09 bits per heavy atom. The van der Waals surface area contributed by atoms with Gasteiger partial charge in [-0.25, -0.2) is 0 Å². The first-order valence-corrected chi connectivity index (χ1v) is 13.7. The van der Waals surface area contributed by atoms with Crippen LogP contribution in [0.25, 0.3) is 0 Å². The first-order valence-electron chi connectivity index (χ1n) is 13.7. The average Bonchev–Trinajstić information content (AvgIpc) is 3.27. The lowest BCUT2D eigenvalue weighted by atomic mass is 10.2. The summed E-state index contributed by atoms with van der Waals surface area (Å²) in [5.41, 5.74) is 0. The first kappa shape index (κ1) is 31.4. The molecule has 0 aliphatic carbocycles. The summed E-state index contributed by atoms with van der Waals surface area (Å²) in [5.74, 6) is 1.38. The lowest BCUT2D eigenvalue weighted by Crippen LogP contribution is -2.48. The smallest absolute Gasteiger partial charge is 0.225 e. The molecule has 0 radical (unpaired) electrons. The lowest BCUT2D eigenvalue weighted by Gasteiger charge is -2.33. The number of rotatable bonds is 3. The van der Waals surface area contributed by atoms with Crippen molar-refractivity contribution in [1.82, 2.24) is 24.5 Å². The minimum Gasteiger partial charge on any atom is -0.342 e. The van der Waals surface area contributed by atoms with E-state index in [-0.39, 0.29) is 17.8 Å². The van der Waals surface area contributed by atoms with Crippen molar-refractivity contribution in [2.45, 2.75) is 60.8 Å². The molecule has 0 saturated carbocycles. The molecule has 8 heteroatoms. The van der Waals surface area contributed by atoms with Crippen molar-refractivity contribution in [2.24, 2.45) is 17.8 Å². The highest BCUT2D eigenvalue weighted by Gasteiger charge is 2.21. The number of likely N-dealkylation sites (tertiary alicyclic amines) is 1. The number of likely N-dealkylation sites (N-methyl/N-ethyl adjacent to an activating group) is 2. The largest absolute Gasteiger partial charge is 0.342 e. The van der Waals surface area contributed by atoms with Crippen molar-refractivity contribution in [3.63, 3.8) is 0 Å². The van der Waals surface area contributed by atoms with Gasteiger partial charge in [0.1, 0.15) is 0 Å². The number of carbonyl (C=O) groups excluding carboxylic acids is 3. The molecule has 8 nitrogen and oxygen atoms in total. The minimum absolute atomic E-state index is 0.142. The Balaban J connectivity index is 0.000000265. The second kappa shape index (κ2) is 16.1. The third-order valence-corrected chi connectivity index (χ3v) is 6.75. The molecular weight excluding hydrogens is 442 g/mol. The first-order chi connectivity index (χ1) is 16.4. The number of nitrogens with zero attached hydrogens (tertiary/aromatic N) is 5. The molecule has 0 atom stereocenters. The summed E-state index contributed by atoms with van der Waals surface area (Å²) >= 11 is 0. The molecule has 3 amide bonds. The van der Waals surface area contributed by atoms with E-state index in [0.29, 0.717) is 17.7 Å². The van der Waals surface area contributed by atoms with Gasteiger partial charge in [-0.2, -0.15) is 0 Å². The molecule has 0 bridgehead atoms. The summed E-state index contributed by atoms with van der Waals surface area (Å²) in [6.07, 6.45) is 3.49. The fourth-order valence-electron chi connectivity index (χ4n) is 4.33. The van der Waals surface area contributed by atoms with E-state index in [0.717, 1.165) is 71.9 Å². The molecule has 0 aromatic rings. The molecule has 3 rings (SSSR count). The number of piperazine rings is 1. The van der Waals surface area contributed by atoms with E-state index in [1.807, 2.05) is 56.2 Å². The van der Waals surface area contributed by atoms with Crippen LogP contribution in [0.5, 0.6) is 0 Å². The highest BCUT2D eigenvalue weighted by atomic mass is 16.2. The van der Waals surface area contributed by atoms with Crippen LogP contribution >= 0.6 is 0 Å². The van der Waals surface area contributed by atoms with Gasteiger partial charge in [0.05, 0.1) is 0 Å². The SMILES string of the molecule is CC(C)C(=O)N1CCCC1.CC(C)C(=O)N1CCCN(C)CC1.CC(C)C(=O)N1CCN(C)CC1. The maximum absolute atomic E-state index is 11.7. The minimum atomic E-state index is 0.142. The maximum Gasteiger partial charge on any atom is 0.225 e. The monoisotopic (exact) mass is 495 g/mol. The number of hydrogen-bond acceptors (Lipinski definition) is 5. The second-order valence-electron chi connectivity index (χ2n) is 11.1. The van der Waals surface area contributed by atoms with Crippen molar-refractivity contribution < 1.29 is 14.4 Å². The molecule has 3 saturated heterocycles. The molecule has 204 valence electrons. The van der Waals surface area contributed by atoms with Crippen LogP contribution in [0.2, 0.25) is 0 Å². The summed E-state index contributed by atoms with van der Waals surface area (Å²) in [7, 11) is 4.21. The molecule has 35 heavy (non-hydrogen) atoms. The van der Waals surface area contributed by atoms with Gasteiger partial charge >= 0.3 is 0 Å². The van der Waals surface area contributed by atoms with Crippen molar-refractivity contribution >= 4 is 17.7 Å². The van der Waals surface area contributed by atoms with E-state index in [1.54, 1.807) is 0 Å². The fraction of sp³-hybridized carbons (Fsp3) is 0.889. The predicted molar refractivity (Wildman–Crippen MR) is 143 cm³/mol. The van der Waals surface area contributed by atoms with Gasteiger partial charge in [0, 0.05) is 76.7 Å². The van der Waals surface area contributed by atoms with Gasteiger partial charge < -0.3 is 24.5 Å². The Kier molecular flexibility index (Phi) is 14.5. The summed E-state index contributed by atoms with van der Waals surface area (Å²) in [6.45, 7) is 21.5. The molecule has 3 aliphatic rings. The van der Waals surface area contributed by atoms with Crippen molar-refractivity contribution in [2.75, 3.05) is 79.5 Å². The number of amides is 3. The van der Waals surface area contributed by atoms with E-state index in [1.165, 1.54) is 12.8 Å². The van der Waals surface area contributed by atoms with E-state index in [9.17, 15) is 14.4 Å². The summed E-state index contributed by atoms with van der Waals surface area (Å²) in [4.78, 5) is 44.9. The Bertz CT molecular complexity index is 639. The molecule has 0 N–H and O–H groups in total.